The smallest absolute Gasteiger partial charge is 0.107 e. The van der Waals surface area contributed by atoms with Gasteiger partial charge in [-0.1, -0.05) is 18.1 Å². The minimum absolute atomic E-state index is 0.341. The Labute approximate surface area is 78.5 Å². The Morgan fingerprint density at radius 1 is 1.33 bits per heavy atom. The van der Waals surface area contributed by atoms with E-state index in [1.54, 1.807) is 0 Å². The first-order chi connectivity index (χ1) is 5.60. The van der Waals surface area contributed by atoms with Crippen molar-refractivity contribution < 1.29 is 4.55 Å². The minimum Gasteiger partial charge on any atom is -0.616 e. The molecule has 0 amide bonds. The highest BCUT2D eigenvalue weighted by Crippen LogP contribution is 2.30. The second kappa shape index (κ2) is 3.99. The van der Waals surface area contributed by atoms with Gasteiger partial charge < -0.3 is 9.45 Å². The van der Waals surface area contributed by atoms with Crippen molar-refractivity contribution in [1.82, 2.24) is 4.90 Å². The van der Waals surface area contributed by atoms with Crippen LogP contribution in [0.2, 0.25) is 0 Å². The summed E-state index contributed by atoms with van der Waals surface area (Å²) >= 11 is -0.532. The molecule has 1 fully saturated rings. The summed E-state index contributed by atoms with van der Waals surface area (Å²) in [6, 6.07) is 0. The molecule has 1 heterocycles. The quantitative estimate of drug-likeness (QED) is 0.611. The van der Waals surface area contributed by atoms with Crippen LogP contribution in [0.1, 0.15) is 26.2 Å². The number of nitrogens with zero attached hydrogens (tertiary/aromatic N) is 1. The van der Waals surface area contributed by atoms with Gasteiger partial charge in [-0.25, -0.2) is 0 Å². The van der Waals surface area contributed by atoms with Crippen molar-refractivity contribution >= 4 is 11.2 Å². The van der Waals surface area contributed by atoms with Crippen LogP contribution < -0.4 is 0 Å². The third kappa shape index (κ3) is 1.95. The molecule has 1 rings (SSSR count). The molecule has 0 aliphatic carbocycles. The first-order valence-electron chi connectivity index (χ1n) is 4.63. The molecule has 1 saturated heterocycles. The Hall–Kier alpha value is 0.270. The molecular weight excluding hydrogens is 170 g/mol. The van der Waals surface area contributed by atoms with E-state index in [9.17, 15) is 4.55 Å². The molecule has 72 valence electrons. The van der Waals surface area contributed by atoms with Crippen LogP contribution in [0, 0.1) is 0 Å². The lowest BCUT2D eigenvalue weighted by atomic mass is 9.88. The van der Waals surface area contributed by atoms with Gasteiger partial charge in [-0.15, -0.1) is 0 Å². The monoisotopic (exact) mass is 189 g/mol. The van der Waals surface area contributed by atoms with Crippen molar-refractivity contribution in [3.8, 4) is 0 Å². The first-order valence-corrected chi connectivity index (χ1v) is 6.12. The number of hydrogen-bond donors (Lipinski definition) is 0. The molecule has 12 heavy (non-hydrogen) atoms. The van der Waals surface area contributed by atoms with Gasteiger partial charge in [-0.2, -0.15) is 0 Å². The molecule has 0 aromatic rings. The van der Waals surface area contributed by atoms with Gasteiger partial charge in [-0.05, 0) is 20.5 Å². The van der Waals surface area contributed by atoms with Gasteiger partial charge in [0.15, 0.2) is 0 Å². The standard InChI is InChI=1S/C9H19NOS/c1-4-9(10(2)3)5-7-12(11)8-6-9/h4-8H2,1-3H3. The van der Waals surface area contributed by atoms with Gasteiger partial charge in [-0.3, -0.25) is 0 Å². The molecule has 0 spiro atoms. The third-order valence-electron chi connectivity index (χ3n) is 3.20. The Morgan fingerprint density at radius 2 is 1.83 bits per heavy atom. The predicted octanol–water partition coefficient (Wildman–Crippen LogP) is 1.24. The zero-order valence-corrected chi connectivity index (χ0v) is 9.12. The maximum atomic E-state index is 11.2. The molecule has 0 atom stereocenters. The van der Waals surface area contributed by atoms with Gasteiger partial charge in [0, 0.05) is 18.4 Å². The van der Waals surface area contributed by atoms with Crippen LogP contribution in [-0.2, 0) is 11.2 Å². The summed E-state index contributed by atoms with van der Waals surface area (Å²) < 4.78 is 11.2. The highest BCUT2D eigenvalue weighted by Gasteiger charge is 2.36. The van der Waals surface area contributed by atoms with E-state index in [0.717, 1.165) is 24.3 Å². The van der Waals surface area contributed by atoms with Crippen LogP contribution in [0.3, 0.4) is 0 Å². The van der Waals surface area contributed by atoms with E-state index in [1.807, 2.05) is 0 Å². The maximum Gasteiger partial charge on any atom is 0.107 e. The van der Waals surface area contributed by atoms with Crippen LogP contribution >= 0.6 is 0 Å². The molecule has 0 aromatic heterocycles. The Balaban J connectivity index is 2.57. The summed E-state index contributed by atoms with van der Waals surface area (Å²) in [7, 11) is 4.27. The molecule has 0 aromatic carbocycles. The third-order valence-corrected chi connectivity index (χ3v) is 4.52. The average molecular weight is 189 g/mol. The van der Waals surface area contributed by atoms with Gasteiger partial charge in [0.2, 0.25) is 0 Å². The molecule has 1 aliphatic rings. The lowest BCUT2D eigenvalue weighted by Gasteiger charge is -2.42. The molecule has 0 radical (unpaired) electrons. The lowest BCUT2D eigenvalue weighted by Crippen LogP contribution is -2.49. The number of rotatable bonds is 2. The van der Waals surface area contributed by atoms with E-state index in [4.69, 9.17) is 0 Å². The molecule has 0 unspecified atom stereocenters. The van der Waals surface area contributed by atoms with E-state index in [0.29, 0.717) is 5.54 Å². The van der Waals surface area contributed by atoms with Gasteiger partial charge in [0.25, 0.3) is 0 Å². The maximum absolute atomic E-state index is 11.2. The van der Waals surface area contributed by atoms with E-state index in [2.05, 4.69) is 25.9 Å². The van der Waals surface area contributed by atoms with Crippen molar-refractivity contribution in [2.75, 3.05) is 25.6 Å². The Bertz CT molecular complexity index is 141. The summed E-state index contributed by atoms with van der Waals surface area (Å²) in [4.78, 5) is 2.31. The van der Waals surface area contributed by atoms with Crippen LogP contribution in [0.25, 0.3) is 0 Å². The SMILES string of the molecule is CCC1(N(C)C)CC[S+]([O-])CC1. The topological polar surface area (TPSA) is 26.3 Å². The van der Waals surface area contributed by atoms with E-state index in [1.165, 1.54) is 6.42 Å². The van der Waals surface area contributed by atoms with Crippen LogP contribution in [-0.4, -0.2) is 40.6 Å². The fourth-order valence-corrected chi connectivity index (χ4v) is 3.37. The number of hydrogen-bond acceptors (Lipinski definition) is 2. The van der Waals surface area contributed by atoms with E-state index < -0.39 is 11.2 Å². The predicted molar refractivity (Wildman–Crippen MR) is 53.8 cm³/mol. The second-order valence-corrected chi connectivity index (χ2v) is 5.52. The van der Waals surface area contributed by atoms with Crippen molar-refractivity contribution in [1.29, 1.82) is 0 Å². The first kappa shape index (κ1) is 10.4. The normalized spacial score (nSPS) is 37.2. The summed E-state index contributed by atoms with van der Waals surface area (Å²) in [5, 5.41) is 0. The summed E-state index contributed by atoms with van der Waals surface area (Å²) in [6.45, 7) is 2.23. The van der Waals surface area contributed by atoms with Crippen LogP contribution in [0.15, 0.2) is 0 Å². The van der Waals surface area contributed by atoms with E-state index in [-0.39, 0.29) is 0 Å². The largest absolute Gasteiger partial charge is 0.616 e. The highest BCUT2D eigenvalue weighted by molar-refractivity contribution is 7.91. The minimum atomic E-state index is -0.532. The Kier molecular flexibility index (Phi) is 3.44. The van der Waals surface area contributed by atoms with Crippen LogP contribution in [0.4, 0.5) is 0 Å². The van der Waals surface area contributed by atoms with Crippen LogP contribution in [0.5, 0.6) is 0 Å². The lowest BCUT2D eigenvalue weighted by molar-refractivity contribution is 0.130. The molecule has 1 aliphatic heterocycles. The molecule has 0 saturated carbocycles. The summed E-state index contributed by atoms with van der Waals surface area (Å²) in [5.74, 6) is 1.79. The van der Waals surface area contributed by atoms with Crippen molar-refractivity contribution in [3.05, 3.63) is 0 Å². The molecule has 3 heteroatoms. The highest BCUT2D eigenvalue weighted by atomic mass is 32.2. The molecule has 0 bridgehead atoms. The van der Waals surface area contributed by atoms with Gasteiger partial charge in [0.1, 0.15) is 11.5 Å². The van der Waals surface area contributed by atoms with Crippen molar-refractivity contribution in [3.63, 3.8) is 0 Å². The molecule has 0 N–H and O–H groups in total. The fraction of sp³-hybridized carbons (Fsp3) is 1.00. The molecular formula is C9H19NOS. The molecule has 2 nitrogen and oxygen atoms in total. The van der Waals surface area contributed by atoms with Gasteiger partial charge >= 0.3 is 0 Å². The zero-order chi connectivity index (χ0) is 9.19. The van der Waals surface area contributed by atoms with Crippen molar-refractivity contribution in [2.24, 2.45) is 0 Å². The summed E-state index contributed by atoms with van der Waals surface area (Å²) in [5.41, 5.74) is 0.341. The second-order valence-electron chi connectivity index (χ2n) is 3.82. The van der Waals surface area contributed by atoms with Gasteiger partial charge in [0.05, 0.1) is 0 Å². The summed E-state index contributed by atoms with van der Waals surface area (Å²) in [6.07, 6.45) is 3.38. The average Bonchev–Trinajstić information content (AvgIpc) is 2.06. The van der Waals surface area contributed by atoms with Crippen molar-refractivity contribution in [2.45, 2.75) is 31.7 Å². The Morgan fingerprint density at radius 3 is 2.17 bits per heavy atom. The van der Waals surface area contributed by atoms with E-state index >= 15 is 0 Å². The fourth-order valence-electron chi connectivity index (χ4n) is 1.95. The zero-order valence-electron chi connectivity index (χ0n) is 8.30.